The number of carbonyl (C=O) groups is 2. The first-order chi connectivity index (χ1) is 15.2. The normalized spacial score (nSPS) is 15.4. The molecule has 8 heteroatoms. The summed E-state index contributed by atoms with van der Waals surface area (Å²) in [4.78, 5) is 39.8. The number of fused-ring (bicyclic) bond motifs is 2. The van der Waals surface area contributed by atoms with Crippen molar-refractivity contribution in [1.29, 1.82) is 0 Å². The Morgan fingerprint density at radius 3 is 2.66 bits per heavy atom. The van der Waals surface area contributed by atoms with Crippen molar-refractivity contribution in [2.24, 2.45) is 11.3 Å². The number of para-hydroxylation sites is 2. The van der Waals surface area contributed by atoms with E-state index in [1.807, 2.05) is 27.7 Å². The van der Waals surface area contributed by atoms with E-state index >= 15 is 0 Å². The molecule has 0 aliphatic carbocycles. The van der Waals surface area contributed by atoms with Crippen LogP contribution in [-0.4, -0.2) is 29.5 Å². The molecule has 168 valence electrons. The number of nitrogens with zero attached hydrogens (tertiary/aromatic N) is 2. The van der Waals surface area contributed by atoms with Crippen molar-refractivity contribution in [3.05, 3.63) is 53.0 Å². The molecule has 0 spiro atoms. The lowest BCUT2D eigenvalue weighted by Crippen LogP contribution is -2.43. The summed E-state index contributed by atoms with van der Waals surface area (Å²) >= 11 is 0. The second kappa shape index (κ2) is 8.18. The minimum absolute atomic E-state index is 0.0233. The van der Waals surface area contributed by atoms with Gasteiger partial charge in [-0.2, -0.15) is 0 Å². The maximum atomic E-state index is 13.2. The highest BCUT2D eigenvalue weighted by atomic mass is 16.5. The number of amides is 2. The number of aromatic nitrogens is 1. The van der Waals surface area contributed by atoms with Crippen LogP contribution in [0.25, 0.3) is 11.1 Å². The van der Waals surface area contributed by atoms with E-state index in [9.17, 15) is 14.4 Å². The van der Waals surface area contributed by atoms with Crippen molar-refractivity contribution >= 4 is 34.3 Å². The Labute approximate surface area is 185 Å². The topological polar surface area (TPSA) is 93.8 Å². The van der Waals surface area contributed by atoms with E-state index < -0.39 is 11.2 Å². The zero-order chi connectivity index (χ0) is 23.0. The van der Waals surface area contributed by atoms with Crippen LogP contribution < -0.4 is 20.7 Å². The third kappa shape index (κ3) is 4.12. The van der Waals surface area contributed by atoms with Gasteiger partial charge in [-0.3, -0.25) is 14.2 Å². The summed E-state index contributed by atoms with van der Waals surface area (Å²) in [7, 11) is 0. The fourth-order valence-corrected chi connectivity index (χ4v) is 3.78. The van der Waals surface area contributed by atoms with Crippen LogP contribution in [0.3, 0.4) is 0 Å². The SMILES string of the molecule is CC(C)CN1C(=O)C(C)(C)COc2ccc(NC(=O)Cn3c(=O)oc4ccccc43)cc21. The predicted molar refractivity (Wildman–Crippen MR) is 122 cm³/mol. The molecule has 2 heterocycles. The second-order valence-corrected chi connectivity index (χ2v) is 9.13. The minimum atomic E-state index is -0.666. The zero-order valence-electron chi connectivity index (χ0n) is 18.7. The van der Waals surface area contributed by atoms with Gasteiger partial charge in [-0.25, -0.2) is 4.79 Å². The van der Waals surface area contributed by atoms with Crippen LogP contribution in [-0.2, 0) is 16.1 Å². The summed E-state index contributed by atoms with van der Waals surface area (Å²) in [5.41, 5.74) is 1.45. The summed E-state index contributed by atoms with van der Waals surface area (Å²) in [6.07, 6.45) is 0. The van der Waals surface area contributed by atoms with Crippen LogP contribution in [0.2, 0.25) is 0 Å². The Balaban J connectivity index is 1.61. The van der Waals surface area contributed by atoms with Crippen LogP contribution in [0.5, 0.6) is 5.75 Å². The second-order valence-electron chi connectivity index (χ2n) is 9.13. The maximum Gasteiger partial charge on any atom is 0.420 e. The van der Waals surface area contributed by atoms with Crippen molar-refractivity contribution in [3.8, 4) is 5.75 Å². The highest BCUT2D eigenvalue weighted by Crippen LogP contribution is 2.38. The number of nitrogens with one attached hydrogen (secondary N) is 1. The molecule has 0 bridgehead atoms. The molecule has 1 N–H and O–H groups in total. The highest BCUT2D eigenvalue weighted by molar-refractivity contribution is 6.00. The minimum Gasteiger partial charge on any atom is -0.490 e. The molecule has 0 radical (unpaired) electrons. The molecular formula is C24H27N3O5. The van der Waals surface area contributed by atoms with Crippen molar-refractivity contribution < 1.29 is 18.7 Å². The summed E-state index contributed by atoms with van der Waals surface area (Å²) in [5, 5.41) is 2.82. The van der Waals surface area contributed by atoms with Crippen molar-refractivity contribution in [3.63, 3.8) is 0 Å². The van der Waals surface area contributed by atoms with Gasteiger partial charge in [0.1, 0.15) is 18.9 Å². The van der Waals surface area contributed by atoms with E-state index in [0.29, 0.717) is 34.8 Å². The molecule has 3 aromatic rings. The predicted octanol–water partition coefficient (Wildman–Crippen LogP) is 3.64. The van der Waals surface area contributed by atoms with Crippen LogP contribution >= 0.6 is 0 Å². The summed E-state index contributed by atoms with van der Waals surface area (Å²) in [5.74, 6) is -0.146. The maximum absolute atomic E-state index is 13.2. The van der Waals surface area contributed by atoms with Gasteiger partial charge in [-0.05, 0) is 50.1 Å². The average Bonchev–Trinajstić information content (AvgIpc) is 3.01. The van der Waals surface area contributed by atoms with Gasteiger partial charge < -0.3 is 19.4 Å². The third-order valence-electron chi connectivity index (χ3n) is 5.37. The highest BCUT2D eigenvalue weighted by Gasteiger charge is 2.38. The lowest BCUT2D eigenvalue weighted by Gasteiger charge is -2.29. The standard InChI is InChI=1S/C24H27N3O5/c1-15(2)12-26-18-11-16(9-10-19(18)31-14-24(3,4)22(26)29)25-21(28)13-27-17-7-5-6-8-20(17)32-23(27)30/h5-11,15H,12-14H2,1-4H3,(H,25,28). The van der Waals surface area contributed by atoms with E-state index in [2.05, 4.69) is 5.32 Å². The monoisotopic (exact) mass is 437 g/mol. The summed E-state index contributed by atoms with van der Waals surface area (Å²) < 4.78 is 12.4. The molecule has 0 saturated heterocycles. The number of benzene rings is 2. The van der Waals surface area contributed by atoms with Gasteiger partial charge in [0.15, 0.2) is 5.58 Å². The van der Waals surface area contributed by atoms with Gasteiger partial charge in [0.2, 0.25) is 11.8 Å². The Morgan fingerprint density at radius 1 is 1.16 bits per heavy atom. The van der Waals surface area contributed by atoms with Gasteiger partial charge in [0, 0.05) is 12.2 Å². The number of oxazole rings is 1. The van der Waals surface area contributed by atoms with Crippen molar-refractivity contribution in [2.45, 2.75) is 34.2 Å². The molecule has 1 aromatic heterocycles. The summed E-state index contributed by atoms with van der Waals surface area (Å²) in [6, 6.07) is 12.2. The molecule has 2 amide bonds. The van der Waals surface area contributed by atoms with Crippen LogP contribution in [0, 0.1) is 11.3 Å². The first-order valence-electron chi connectivity index (χ1n) is 10.6. The largest absolute Gasteiger partial charge is 0.490 e. The Hall–Kier alpha value is -3.55. The first kappa shape index (κ1) is 21.7. The van der Waals surface area contributed by atoms with Crippen LogP contribution in [0.1, 0.15) is 27.7 Å². The molecule has 0 unspecified atom stereocenters. The van der Waals surface area contributed by atoms with Gasteiger partial charge in [-0.1, -0.05) is 26.0 Å². The molecule has 1 aliphatic rings. The van der Waals surface area contributed by atoms with Gasteiger partial charge in [-0.15, -0.1) is 0 Å². The lowest BCUT2D eigenvalue weighted by atomic mass is 9.92. The Morgan fingerprint density at radius 2 is 1.91 bits per heavy atom. The quantitative estimate of drug-likeness (QED) is 0.658. The van der Waals surface area contributed by atoms with Gasteiger partial charge >= 0.3 is 5.76 Å². The Bertz CT molecular complexity index is 1240. The van der Waals surface area contributed by atoms with Crippen LogP contribution in [0.15, 0.2) is 51.7 Å². The fraction of sp³-hybridized carbons (Fsp3) is 0.375. The van der Waals surface area contributed by atoms with E-state index in [1.165, 1.54) is 4.57 Å². The van der Waals surface area contributed by atoms with Gasteiger partial charge in [0.05, 0.1) is 16.6 Å². The number of anilines is 2. The first-order valence-corrected chi connectivity index (χ1v) is 10.6. The van der Waals surface area contributed by atoms with E-state index in [-0.39, 0.29) is 30.9 Å². The number of hydrogen-bond acceptors (Lipinski definition) is 5. The number of rotatable bonds is 5. The van der Waals surface area contributed by atoms with E-state index in [4.69, 9.17) is 9.15 Å². The van der Waals surface area contributed by atoms with Crippen molar-refractivity contribution in [2.75, 3.05) is 23.4 Å². The molecule has 4 rings (SSSR count). The van der Waals surface area contributed by atoms with Crippen LogP contribution in [0.4, 0.5) is 11.4 Å². The molecular weight excluding hydrogens is 410 g/mol. The molecule has 0 fully saturated rings. The zero-order valence-corrected chi connectivity index (χ0v) is 18.7. The number of carbonyl (C=O) groups excluding carboxylic acids is 2. The van der Waals surface area contributed by atoms with E-state index in [1.54, 1.807) is 47.4 Å². The van der Waals surface area contributed by atoms with Gasteiger partial charge in [0.25, 0.3) is 0 Å². The average molecular weight is 437 g/mol. The lowest BCUT2D eigenvalue weighted by molar-refractivity contribution is -0.127. The van der Waals surface area contributed by atoms with Crippen molar-refractivity contribution in [1.82, 2.24) is 4.57 Å². The third-order valence-corrected chi connectivity index (χ3v) is 5.37. The smallest absolute Gasteiger partial charge is 0.420 e. The molecule has 0 atom stereocenters. The fourth-order valence-electron chi connectivity index (χ4n) is 3.78. The van der Waals surface area contributed by atoms with E-state index in [0.717, 1.165) is 0 Å². The number of ether oxygens (including phenoxy) is 1. The number of hydrogen-bond donors (Lipinski definition) is 1. The molecule has 0 saturated carbocycles. The Kier molecular flexibility index (Phi) is 5.54. The molecule has 2 aromatic carbocycles. The molecule has 1 aliphatic heterocycles. The summed E-state index contributed by atoms with van der Waals surface area (Å²) in [6.45, 7) is 8.44. The molecule has 32 heavy (non-hydrogen) atoms. The molecule has 8 nitrogen and oxygen atoms in total.